The normalized spacial score (nSPS) is 22.0. The molecule has 2 aliphatic rings. The highest BCUT2D eigenvalue weighted by Gasteiger charge is 2.33. The zero-order valence-electron chi connectivity index (χ0n) is 15.7. The van der Waals surface area contributed by atoms with Crippen LogP contribution in [0.4, 0.5) is 0 Å². The van der Waals surface area contributed by atoms with E-state index in [0.717, 1.165) is 31.6 Å². The number of carbonyl (C=O) groups is 1. The van der Waals surface area contributed by atoms with Gasteiger partial charge in [0.1, 0.15) is 6.54 Å². The van der Waals surface area contributed by atoms with Crippen molar-refractivity contribution in [3.8, 4) is 17.2 Å². The zero-order chi connectivity index (χ0) is 18.6. The molecule has 4 rings (SSSR count). The predicted octanol–water partition coefficient (Wildman–Crippen LogP) is 5.14. The van der Waals surface area contributed by atoms with Crippen molar-refractivity contribution >= 4 is 5.91 Å². The molecule has 2 unspecified atom stereocenters. The van der Waals surface area contributed by atoms with Crippen molar-refractivity contribution in [1.29, 1.82) is 5.26 Å². The Hall–Kier alpha value is -2.60. The largest absolute Gasteiger partial charge is 0.343 e. The minimum atomic E-state index is -0.0426. The molecule has 0 saturated heterocycles. The summed E-state index contributed by atoms with van der Waals surface area (Å²) in [4.78, 5) is 12.7. The first-order valence-electron chi connectivity index (χ1n) is 10.1. The van der Waals surface area contributed by atoms with Crippen molar-refractivity contribution < 1.29 is 4.79 Å². The average molecular weight is 358 g/mol. The first-order chi connectivity index (χ1) is 13.3. The maximum absolute atomic E-state index is 12.7. The fourth-order valence-electron chi connectivity index (χ4n) is 4.51. The van der Waals surface area contributed by atoms with Gasteiger partial charge >= 0.3 is 0 Å². The molecule has 3 nitrogen and oxygen atoms in total. The Labute approximate surface area is 161 Å². The molecule has 2 aromatic rings. The SMILES string of the molecule is N#CCNC(=O)C1CCCCC1c1ccccc1-c1ccc(C2CC2)cc1. The molecule has 0 bridgehead atoms. The summed E-state index contributed by atoms with van der Waals surface area (Å²) in [7, 11) is 0. The van der Waals surface area contributed by atoms with E-state index < -0.39 is 0 Å². The van der Waals surface area contributed by atoms with Gasteiger partial charge in [-0.3, -0.25) is 4.79 Å². The molecule has 3 heteroatoms. The Kier molecular flexibility index (Phi) is 5.25. The van der Waals surface area contributed by atoms with E-state index in [-0.39, 0.29) is 24.3 Å². The number of hydrogen-bond acceptors (Lipinski definition) is 2. The van der Waals surface area contributed by atoms with E-state index in [1.165, 1.54) is 35.1 Å². The number of nitriles is 1. The maximum Gasteiger partial charge on any atom is 0.224 e. The van der Waals surface area contributed by atoms with E-state index in [9.17, 15) is 4.79 Å². The fourth-order valence-corrected chi connectivity index (χ4v) is 4.51. The molecule has 0 heterocycles. The molecule has 0 aliphatic heterocycles. The third kappa shape index (κ3) is 3.90. The van der Waals surface area contributed by atoms with Crippen LogP contribution >= 0.6 is 0 Å². The molecule has 2 atom stereocenters. The van der Waals surface area contributed by atoms with Crippen LogP contribution in [0.5, 0.6) is 0 Å². The summed E-state index contributed by atoms with van der Waals surface area (Å²) in [5.41, 5.74) is 5.19. The molecule has 138 valence electrons. The van der Waals surface area contributed by atoms with Gasteiger partial charge in [-0.1, -0.05) is 61.4 Å². The Morgan fingerprint density at radius 2 is 1.74 bits per heavy atom. The van der Waals surface area contributed by atoms with Crippen LogP contribution in [-0.2, 0) is 4.79 Å². The van der Waals surface area contributed by atoms with Gasteiger partial charge in [-0.25, -0.2) is 0 Å². The predicted molar refractivity (Wildman–Crippen MR) is 107 cm³/mol. The number of nitrogens with zero attached hydrogens (tertiary/aromatic N) is 1. The van der Waals surface area contributed by atoms with Gasteiger partial charge in [0.05, 0.1) is 6.07 Å². The molecule has 2 aliphatic carbocycles. The Morgan fingerprint density at radius 3 is 2.48 bits per heavy atom. The number of rotatable bonds is 5. The van der Waals surface area contributed by atoms with Gasteiger partial charge in [-0.15, -0.1) is 0 Å². The van der Waals surface area contributed by atoms with Gasteiger partial charge < -0.3 is 5.32 Å². The minimum Gasteiger partial charge on any atom is -0.343 e. The van der Waals surface area contributed by atoms with E-state index in [1.807, 2.05) is 6.07 Å². The molecule has 0 radical (unpaired) electrons. The lowest BCUT2D eigenvalue weighted by molar-refractivity contribution is -0.126. The second-order valence-corrected chi connectivity index (χ2v) is 7.86. The molecule has 27 heavy (non-hydrogen) atoms. The van der Waals surface area contributed by atoms with Crippen LogP contribution in [-0.4, -0.2) is 12.5 Å². The van der Waals surface area contributed by atoms with Crippen LogP contribution < -0.4 is 5.32 Å². The number of amides is 1. The quantitative estimate of drug-likeness (QED) is 0.752. The monoisotopic (exact) mass is 358 g/mol. The van der Waals surface area contributed by atoms with Crippen LogP contribution in [0.25, 0.3) is 11.1 Å². The molecule has 0 spiro atoms. The highest BCUT2D eigenvalue weighted by Crippen LogP contribution is 2.43. The van der Waals surface area contributed by atoms with Crippen LogP contribution in [0, 0.1) is 17.2 Å². The van der Waals surface area contributed by atoms with E-state index in [0.29, 0.717) is 0 Å². The van der Waals surface area contributed by atoms with Crippen LogP contribution in [0.1, 0.15) is 61.5 Å². The van der Waals surface area contributed by atoms with Crippen LogP contribution in [0.3, 0.4) is 0 Å². The molecule has 0 aromatic heterocycles. The number of hydrogen-bond donors (Lipinski definition) is 1. The van der Waals surface area contributed by atoms with Gasteiger partial charge in [-0.2, -0.15) is 5.26 Å². The molecule has 2 aromatic carbocycles. The summed E-state index contributed by atoms with van der Waals surface area (Å²) in [5.74, 6) is 0.969. The van der Waals surface area contributed by atoms with Crippen molar-refractivity contribution in [1.82, 2.24) is 5.32 Å². The molecule has 1 N–H and O–H groups in total. The topological polar surface area (TPSA) is 52.9 Å². The van der Waals surface area contributed by atoms with Gasteiger partial charge in [-0.05, 0) is 59.8 Å². The highest BCUT2D eigenvalue weighted by atomic mass is 16.1. The van der Waals surface area contributed by atoms with Gasteiger partial charge in [0.25, 0.3) is 0 Å². The number of carbonyl (C=O) groups excluding carboxylic acids is 1. The Morgan fingerprint density at radius 1 is 1.00 bits per heavy atom. The average Bonchev–Trinajstić information content (AvgIpc) is 3.57. The van der Waals surface area contributed by atoms with E-state index in [4.69, 9.17) is 5.26 Å². The second kappa shape index (κ2) is 7.96. The van der Waals surface area contributed by atoms with Crippen molar-refractivity contribution in [2.75, 3.05) is 6.54 Å². The summed E-state index contributed by atoms with van der Waals surface area (Å²) >= 11 is 0. The number of benzene rings is 2. The molecular formula is C24H26N2O. The summed E-state index contributed by atoms with van der Waals surface area (Å²) in [5, 5.41) is 11.6. The first-order valence-corrected chi connectivity index (χ1v) is 10.1. The maximum atomic E-state index is 12.7. The third-order valence-electron chi connectivity index (χ3n) is 6.08. The van der Waals surface area contributed by atoms with Gasteiger partial charge in [0.2, 0.25) is 5.91 Å². The van der Waals surface area contributed by atoms with Crippen molar-refractivity contribution in [2.24, 2.45) is 5.92 Å². The van der Waals surface area contributed by atoms with E-state index in [1.54, 1.807) is 0 Å². The number of nitrogens with one attached hydrogen (secondary N) is 1. The van der Waals surface area contributed by atoms with E-state index >= 15 is 0 Å². The summed E-state index contributed by atoms with van der Waals surface area (Å²) < 4.78 is 0. The van der Waals surface area contributed by atoms with Crippen molar-refractivity contribution in [3.05, 3.63) is 59.7 Å². The molecule has 2 fully saturated rings. The van der Waals surface area contributed by atoms with Crippen molar-refractivity contribution in [2.45, 2.75) is 50.4 Å². The third-order valence-corrected chi connectivity index (χ3v) is 6.08. The fraction of sp³-hybridized carbons (Fsp3) is 0.417. The second-order valence-electron chi connectivity index (χ2n) is 7.86. The first kappa shape index (κ1) is 17.8. The lowest BCUT2D eigenvalue weighted by atomic mass is 9.73. The Bertz CT molecular complexity index is 845. The van der Waals surface area contributed by atoms with Crippen molar-refractivity contribution in [3.63, 3.8) is 0 Å². The molecular weight excluding hydrogens is 332 g/mol. The van der Waals surface area contributed by atoms with Crippen LogP contribution in [0.2, 0.25) is 0 Å². The van der Waals surface area contributed by atoms with Gasteiger partial charge in [0.15, 0.2) is 0 Å². The molecule has 1 amide bonds. The lowest BCUT2D eigenvalue weighted by Gasteiger charge is -2.32. The standard InChI is InChI=1S/C24H26N2O/c25-15-16-26-24(27)23-8-4-3-7-22(23)21-6-2-1-5-20(21)19-13-11-18(12-14-19)17-9-10-17/h1-2,5-6,11-14,17,22-23H,3-4,7-10,16H2,(H,26,27). The Balaban J connectivity index is 1.64. The highest BCUT2D eigenvalue weighted by molar-refractivity contribution is 5.81. The summed E-state index contributed by atoms with van der Waals surface area (Å²) in [6, 6.07) is 19.6. The van der Waals surface area contributed by atoms with E-state index in [2.05, 4.69) is 53.8 Å². The summed E-state index contributed by atoms with van der Waals surface area (Å²) in [6.07, 6.45) is 6.80. The zero-order valence-corrected chi connectivity index (χ0v) is 15.7. The van der Waals surface area contributed by atoms with Gasteiger partial charge in [0, 0.05) is 5.92 Å². The molecule has 2 saturated carbocycles. The smallest absolute Gasteiger partial charge is 0.224 e. The van der Waals surface area contributed by atoms with Crippen LogP contribution in [0.15, 0.2) is 48.5 Å². The summed E-state index contributed by atoms with van der Waals surface area (Å²) in [6.45, 7) is 0.0896. The lowest BCUT2D eigenvalue weighted by Crippen LogP contribution is -2.36. The minimum absolute atomic E-state index is 0.0279.